The third kappa shape index (κ3) is 3.03. The number of hydrogen-bond donors (Lipinski definition) is 1. The summed E-state index contributed by atoms with van der Waals surface area (Å²) in [5.74, 6) is -1.49. The van der Waals surface area contributed by atoms with Gasteiger partial charge in [0.15, 0.2) is 0 Å². The Bertz CT molecular complexity index is 645. The molecule has 20 heavy (non-hydrogen) atoms. The molecular formula is C13H9ClF2N2O2. The summed E-state index contributed by atoms with van der Waals surface area (Å²) in [7, 11) is 0. The van der Waals surface area contributed by atoms with Crippen LogP contribution in [0.2, 0.25) is 5.02 Å². The Balaban J connectivity index is 2.23. The number of anilines is 1. The monoisotopic (exact) mass is 298 g/mol. The van der Waals surface area contributed by atoms with E-state index in [1.54, 1.807) is 0 Å². The largest absolute Gasteiger partial charge is 0.376 e. The zero-order valence-electron chi connectivity index (χ0n) is 10.1. The molecule has 2 rings (SSSR count). The first-order valence-electron chi connectivity index (χ1n) is 5.59. The third-order valence-corrected chi connectivity index (χ3v) is 3.03. The second-order valence-electron chi connectivity index (χ2n) is 3.98. The smallest absolute Gasteiger partial charge is 0.269 e. The van der Waals surface area contributed by atoms with E-state index in [0.29, 0.717) is 5.56 Å². The molecule has 0 unspecified atom stereocenters. The lowest BCUT2D eigenvalue weighted by Crippen LogP contribution is -2.04. The van der Waals surface area contributed by atoms with Crippen LogP contribution < -0.4 is 5.32 Å². The average Bonchev–Trinajstić information content (AvgIpc) is 2.39. The number of benzene rings is 2. The third-order valence-electron chi connectivity index (χ3n) is 2.66. The number of nitrogens with one attached hydrogen (secondary N) is 1. The summed E-state index contributed by atoms with van der Waals surface area (Å²) in [5, 5.41) is 13.5. The van der Waals surface area contributed by atoms with Gasteiger partial charge in [0.1, 0.15) is 17.3 Å². The molecule has 4 nitrogen and oxygen atoms in total. The summed E-state index contributed by atoms with van der Waals surface area (Å²) in [6.45, 7) is -0.0294. The second kappa shape index (κ2) is 5.83. The number of nitro groups is 1. The Labute approximate surface area is 118 Å². The van der Waals surface area contributed by atoms with Crippen molar-refractivity contribution in [2.45, 2.75) is 6.54 Å². The molecule has 0 aliphatic heterocycles. The molecule has 1 N–H and O–H groups in total. The van der Waals surface area contributed by atoms with Gasteiger partial charge in [0.25, 0.3) is 5.69 Å². The van der Waals surface area contributed by atoms with E-state index < -0.39 is 16.6 Å². The fraction of sp³-hybridized carbons (Fsp3) is 0.0769. The van der Waals surface area contributed by atoms with Gasteiger partial charge in [-0.05, 0) is 23.8 Å². The Morgan fingerprint density at radius 1 is 1.20 bits per heavy atom. The van der Waals surface area contributed by atoms with Gasteiger partial charge in [-0.15, -0.1) is 0 Å². The average molecular weight is 299 g/mol. The van der Waals surface area contributed by atoms with Crippen molar-refractivity contribution in [3.63, 3.8) is 0 Å². The van der Waals surface area contributed by atoms with E-state index in [4.69, 9.17) is 11.6 Å². The molecule has 0 saturated carbocycles. The van der Waals surface area contributed by atoms with Crippen LogP contribution in [0.15, 0.2) is 36.4 Å². The van der Waals surface area contributed by atoms with E-state index in [9.17, 15) is 18.9 Å². The van der Waals surface area contributed by atoms with E-state index in [0.717, 1.165) is 12.1 Å². The summed E-state index contributed by atoms with van der Waals surface area (Å²) in [5.41, 5.74) is -0.0567. The second-order valence-corrected chi connectivity index (χ2v) is 4.39. The van der Waals surface area contributed by atoms with Gasteiger partial charge in [-0.25, -0.2) is 8.78 Å². The van der Waals surface area contributed by atoms with Gasteiger partial charge in [-0.1, -0.05) is 17.7 Å². The number of rotatable bonds is 4. The highest BCUT2D eigenvalue weighted by molar-refractivity contribution is 6.31. The van der Waals surface area contributed by atoms with Gasteiger partial charge in [0, 0.05) is 23.7 Å². The maximum absolute atomic E-state index is 13.4. The lowest BCUT2D eigenvalue weighted by atomic mass is 10.2. The van der Waals surface area contributed by atoms with Gasteiger partial charge in [0.2, 0.25) is 0 Å². The topological polar surface area (TPSA) is 55.2 Å². The van der Waals surface area contributed by atoms with Crippen LogP contribution in [0.1, 0.15) is 5.56 Å². The minimum atomic E-state index is -0.744. The molecule has 2 aromatic carbocycles. The summed E-state index contributed by atoms with van der Waals surface area (Å²) < 4.78 is 26.8. The standard InChI is InChI=1S/C13H9ClF2N2O2/c14-10-5-4-9(18(19)20)6-8(10)7-17-13-11(15)2-1-3-12(13)16/h1-6,17H,7H2. The minimum absolute atomic E-state index is 0.0294. The van der Waals surface area contributed by atoms with Gasteiger partial charge in [0.05, 0.1) is 4.92 Å². The van der Waals surface area contributed by atoms with Gasteiger partial charge in [-0.2, -0.15) is 0 Å². The first-order chi connectivity index (χ1) is 9.49. The van der Waals surface area contributed by atoms with E-state index in [2.05, 4.69) is 5.32 Å². The van der Waals surface area contributed by atoms with Crippen LogP contribution in [0.25, 0.3) is 0 Å². The Kier molecular flexibility index (Phi) is 4.14. The molecular weight excluding hydrogens is 290 g/mol. The summed E-state index contributed by atoms with van der Waals surface area (Å²) in [4.78, 5) is 10.1. The zero-order chi connectivity index (χ0) is 14.7. The van der Waals surface area contributed by atoms with Crippen molar-refractivity contribution < 1.29 is 13.7 Å². The van der Waals surface area contributed by atoms with Crippen LogP contribution in [-0.2, 0) is 6.54 Å². The van der Waals surface area contributed by atoms with Crippen molar-refractivity contribution in [1.82, 2.24) is 0 Å². The Hall–Kier alpha value is -2.21. The fourth-order valence-electron chi connectivity index (χ4n) is 1.66. The van der Waals surface area contributed by atoms with Crippen LogP contribution >= 0.6 is 11.6 Å². The molecule has 104 valence electrons. The lowest BCUT2D eigenvalue weighted by molar-refractivity contribution is -0.384. The summed E-state index contributed by atoms with van der Waals surface area (Å²) >= 11 is 5.90. The number of nitrogens with zero attached hydrogens (tertiary/aromatic N) is 1. The SMILES string of the molecule is O=[N+]([O-])c1ccc(Cl)c(CNc2c(F)cccc2F)c1. The number of halogens is 3. The van der Waals surface area contributed by atoms with Crippen LogP contribution in [0.4, 0.5) is 20.2 Å². The normalized spacial score (nSPS) is 10.3. The maximum Gasteiger partial charge on any atom is 0.269 e. The van der Waals surface area contributed by atoms with E-state index in [-0.39, 0.29) is 22.9 Å². The quantitative estimate of drug-likeness (QED) is 0.682. The lowest BCUT2D eigenvalue weighted by Gasteiger charge is -2.09. The predicted octanol–water partition coefficient (Wildman–Crippen LogP) is 4.14. The maximum atomic E-state index is 13.4. The number of nitro benzene ring substituents is 1. The van der Waals surface area contributed by atoms with E-state index >= 15 is 0 Å². The first-order valence-corrected chi connectivity index (χ1v) is 5.97. The van der Waals surface area contributed by atoms with Gasteiger partial charge >= 0.3 is 0 Å². The molecule has 0 spiro atoms. The molecule has 0 fully saturated rings. The van der Waals surface area contributed by atoms with Gasteiger partial charge in [-0.3, -0.25) is 10.1 Å². The summed E-state index contributed by atoms with van der Waals surface area (Å²) in [6, 6.07) is 7.36. The van der Waals surface area contributed by atoms with Crippen LogP contribution in [0.3, 0.4) is 0 Å². The molecule has 0 aromatic heterocycles. The number of hydrogen-bond acceptors (Lipinski definition) is 3. The van der Waals surface area contributed by atoms with Crippen molar-refractivity contribution in [3.05, 3.63) is 68.7 Å². The molecule has 7 heteroatoms. The van der Waals surface area contributed by atoms with Crippen molar-refractivity contribution >= 4 is 23.0 Å². The molecule has 0 aliphatic rings. The molecule has 0 atom stereocenters. The van der Waals surface area contributed by atoms with Crippen molar-refractivity contribution in [3.8, 4) is 0 Å². The zero-order valence-corrected chi connectivity index (χ0v) is 10.8. The molecule has 0 bridgehead atoms. The predicted molar refractivity (Wildman–Crippen MR) is 71.8 cm³/mol. The number of non-ortho nitro benzene ring substituents is 1. The van der Waals surface area contributed by atoms with E-state index in [1.165, 1.54) is 24.3 Å². The highest BCUT2D eigenvalue weighted by Crippen LogP contribution is 2.24. The molecule has 0 radical (unpaired) electrons. The van der Waals surface area contributed by atoms with Crippen LogP contribution in [0.5, 0.6) is 0 Å². The van der Waals surface area contributed by atoms with Crippen LogP contribution in [0, 0.1) is 21.7 Å². The molecule has 2 aromatic rings. The van der Waals surface area contributed by atoms with Crippen molar-refractivity contribution in [2.24, 2.45) is 0 Å². The Morgan fingerprint density at radius 2 is 1.85 bits per heavy atom. The van der Waals surface area contributed by atoms with Crippen molar-refractivity contribution in [1.29, 1.82) is 0 Å². The molecule has 0 aliphatic carbocycles. The van der Waals surface area contributed by atoms with Gasteiger partial charge < -0.3 is 5.32 Å². The Morgan fingerprint density at radius 3 is 2.45 bits per heavy atom. The molecule has 0 amide bonds. The molecule has 0 heterocycles. The summed E-state index contributed by atoms with van der Waals surface area (Å²) in [6.07, 6.45) is 0. The number of para-hydroxylation sites is 1. The highest BCUT2D eigenvalue weighted by Gasteiger charge is 2.12. The fourth-order valence-corrected chi connectivity index (χ4v) is 1.84. The van der Waals surface area contributed by atoms with Crippen LogP contribution in [-0.4, -0.2) is 4.92 Å². The minimum Gasteiger partial charge on any atom is -0.376 e. The van der Waals surface area contributed by atoms with Crippen molar-refractivity contribution in [2.75, 3.05) is 5.32 Å². The molecule has 0 saturated heterocycles. The highest BCUT2D eigenvalue weighted by atomic mass is 35.5. The first kappa shape index (κ1) is 14.2. The van der Waals surface area contributed by atoms with E-state index in [1.807, 2.05) is 0 Å².